The number of halogens is 1. The predicted octanol–water partition coefficient (Wildman–Crippen LogP) is 2.97. The SMILES string of the molecule is CCCn1cc(-c2nc(Cl)cc(CC)n2)cn1. The van der Waals surface area contributed by atoms with Crippen LogP contribution in [0.3, 0.4) is 0 Å². The van der Waals surface area contributed by atoms with Gasteiger partial charge >= 0.3 is 0 Å². The Morgan fingerprint density at radius 1 is 1.29 bits per heavy atom. The second-order valence-corrected chi connectivity index (χ2v) is 4.24. The molecular weight excluding hydrogens is 236 g/mol. The van der Waals surface area contributed by atoms with Crippen molar-refractivity contribution in [3.63, 3.8) is 0 Å². The summed E-state index contributed by atoms with van der Waals surface area (Å²) < 4.78 is 1.89. The molecule has 0 aliphatic heterocycles. The van der Waals surface area contributed by atoms with Gasteiger partial charge < -0.3 is 0 Å². The van der Waals surface area contributed by atoms with Gasteiger partial charge in [-0.05, 0) is 18.9 Å². The zero-order chi connectivity index (χ0) is 12.3. The van der Waals surface area contributed by atoms with Crippen LogP contribution in [0.4, 0.5) is 0 Å². The Bertz CT molecular complexity index is 507. The smallest absolute Gasteiger partial charge is 0.164 e. The van der Waals surface area contributed by atoms with Crippen LogP contribution < -0.4 is 0 Å². The molecule has 0 aromatic carbocycles. The van der Waals surface area contributed by atoms with Gasteiger partial charge in [-0.3, -0.25) is 4.68 Å². The summed E-state index contributed by atoms with van der Waals surface area (Å²) in [5.41, 5.74) is 1.86. The van der Waals surface area contributed by atoms with Crippen LogP contribution in [0.5, 0.6) is 0 Å². The highest BCUT2D eigenvalue weighted by atomic mass is 35.5. The number of rotatable bonds is 4. The number of aromatic nitrogens is 4. The maximum absolute atomic E-state index is 5.97. The summed E-state index contributed by atoms with van der Waals surface area (Å²) in [7, 11) is 0. The Morgan fingerprint density at radius 2 is 2.12 bits per heavy atom. The van der Waals surface area contributed by atoms with Gasteiger partial charge in [0.1, 0.15) is 5.15 Å². The Morgan fingerprint density at radius 3 is 2.82 bits per heavy atom. The van der Waals surface area contributed by atoms with E-state index >= 15 is 0 Å². The third-order valence-electron chi connectivity index (χ3n) is 2.45. The Balaban J connectivity index is 2.34. The normalized spacial score (nSPS) is 10.8. The van der Waals surface area contributed by atoms with Crippen molar-refractivity contribution in [2.24, 2.45) is 0 Å². The first-order valence-electron chi connectivity index (χ1n) is 5.79. The molecule has 0 bridgehead atoms. The molecular formula is C12H15ClN4. The van der Waals surface area contributed by atoms with Crippen LogP contribution in [0.25, 0.3) is 11.4 Å². The van der Waals surface area contributed by atoms with Crippen molar-refractivity contribution >= 4 is 11.6 Å². The predicted molar refractivity (Wildman–Crippen MR) is 67.9 cm³/mol. The van der Waals surface area contributed by atoms with Gasteiger partial charge in [-0.1, -0.05) is 25.4 Å². The minimum atomic E-state index is 0.482. The second kappa shape index (κ2) is 5.27. The van der Waals surface area contributed by atoms with Gasteiger partial charge in [-0.25, -0.2) is 9.97 Å². The van der Waals surface area contributed by atoms with E-state index in [1.807, 2.05) is 17.8 Å². The molecule has 0 aliphatic rings. The van der Waals surface area contributed by atoms with Gasteiger partial charge in [0.2, 0.25) is 0 Å². The highest BCUT2D eigenvalue weighted by molar-refractivity contribution is 6.29. The van der Waals surface area contributed by atoms with Crippen molar-refractivity contribution in [1.82, 2.24) is 19.7 Å². The molecule has 0 saturated carbocycles. The lowest BCUT2D eigenvalue weighted by Crippen LogP contribution is -1.96. The molecule has 0 unspecified atom stereocenters. The molecule has 0 amide bonds. The maximum Gasteiger partial charge on any atom is 0.164 e. The summed E-state index contributed by atoms with van der Waals surface area (Å²) in [6.07, 6.45) is 5.63. The van der Waals surface area contributed by atoms with E-state index in [0.29, 0.717) is 11.0 Å². The van der Waals surface area contributed by atoms with Gasteiger partial charge in [0, 0.05) is 18.4 Å². The van der Waals surface area contributed by atoms with Gasteiger partial charge in [0.05, 0.1) is 11.8 Å². The number of hydrogen-bond donors (Lipinski definition) is 0. The lowest BCUT2D eigenvalue weighted by atomic mass is 10.3. The molecule has 2 aromatic rings. The molecule has 2 rings (SSSR count). The molecule has 90 valence electrons. The third-order valence-corrected chi connectivity index (χ3v) is 2.65. The van der Waals surface area contributed by atoms with Gasteiger partial charge in [-0.15, -0.1) is 0 Å². The van der Waals surface area contributed by atoms with Crippen LogP contribution in [0.15, 0.2) is 18.5 Å². The molecule has 2 aromatic heterocycles. The fourth-order valence-corrected chi connectivity index (χ4v) is 1.81. The van der Waals surface area contributed by atoms with E-state index in [0.717, 1.165) is 30.6 Å². The van der Waals surface area contributed by atoms with Crippen molar-refractivity contribution in [1.29, 1.82) is 0 Å². The Hall–Kier alpha value is -1.42. The van der Waals surface area contributed by atoms with E-state index in [9.17, 15) is 0 Å². The molecule has 0 fully saturated rings. The monoisotopic (exact) mass is 250 g/mol. The number of nitrogens with zero attached hydrogens (tertiary/aromatic N) is 4. The number of aryl methyl sites for hydroxylation is 2. The zero-order valence-corrected chi connectivity index (χ0v) is 10.8. The van der Waals surface area contributed by atoms with Gasteiger partial charge in [0.25, 0.3) is 0 Å². The summed E-state index contributed by atoms with van der Waals surface area (Å²) >= 11 is 5.97. The van der Waals surface area contributed by atoms with Crippen molar-refractivity contribution in [2.45, 2.75) is 33.2 Å². The highest BCUT2D eigenvalue weighted by Crippen LogP contribution is 2.17. The van der Waals surface area contributed by atoms with E-state index in [1.54, 1.807) is 12.3 Å². The molecule has 0 N–H and O–H groups in total. The van der Waals surface area contributed by atoms with Crippen molar-refractivity contribution < 1.29 is 0 Å². The minimum absolute atomic E-state index is 0.482. The number of hydrogen-bond acceptors (Lipinski definition) is 3. The summed E-state index contributed by atoms with van der Waals surface area (Å²) in [4.78, 5) is 8.67. The molecule has 0 spiro atoms. The average molecular weight is 251 g/mol. The third kappa shape index (κ3) is 2.82. The summed E-state index contributed by atoms with van der Waals surface area (Å²) in [5.74, 6) is 0.650. The highest BCUT2D eigenvalue weighted by Gasteiger charge is 2.07. The molecule has 17 heavy (non-hydrogen) atoms. The first kappa shape index (κ1) is 12.0. The van der Waals surface area contributed by atoms with E-state index in [4.69, 9.17) is 11.6 Å². The van der Waals surface area contributed by atoms with Crippen molar-refractivity contribution in [3.05, 3.63) is 29.3 Å². The summed E-state index contributed by atoms with van der Waals surface area (Å²) in [5, 5.41) is 4.74. The van der Waals surface area contributed by atoms with Gasteiger partial charge in [0.15, 0.2) is 5.82 Å². The van der Waals surface area contributed by atoms with E-state index in [-0.39, 0.29) is 0 Å². The standard InChI is InChI=1S/C12H15ClN4/c1-3-5-17-8-9(7-14-17)12-15-10(4-2)6-11(13)16-12/h6-8H,3-5H2,1-2H3. The van der Waals surface area contributed by atoms with E-state index in [2.05, 4.69) is 22.0 Å². The lowest BCUT2D eigenvalue weighted by Gasteiger charge is -2.01. The van der Waals surface area contributed by atoms with E-state index < -0.39 is 0 Å². The summed E-state index contributed by atoms with van der Waals surface area (Å²) in [6, 6.07) is 1.79. The van der Waals surface area contributed by atoms with Crippen LogP contribution in [0.2, 0.25) is 5.15 Å². The first-order chi connectivity index (χ1) is 8.22. The topological polar surface area (TPSA) is 43.6 Å². The molecule has 0 saturated heterocycles. The quantitative estimate of drug-likeness (QED) is 0.784. The summed E-state index contributed by atoms with van der Waals surface area (Å²) in [6.45, 7) is 5.07. The van der Waals surface area contributed by atoms with Crippen LogP contribution in [-0.2, 0) is 13.0 Å². The largest absolute Gasteiger partial charge is 0.272 e. The maximum atomic E-state index is 5.97. The van der Waals surface area contributed by atoms with Crippen LogP contribution in [0.1, 0.15) is 26.0 Å². The van der Waals surface area contributed by atoms with Crippen molar-refractivity contribution in [2.75, 3.05) is 0 Å². The lowest BCUT2D eigenvalue weighted by molar-refractivity contribution is 0.603. The molecule has 0 radical (unpaired) electrons. The Kier molecular flexibility index (Phi) is 3.74. The Labute approximate surface area is 106 Å². The fourth-order valence-electron chi connectivity index (χ4n) is 1.60. The van der Waals surface area contributed by atoms with E-state index in [1.165, 1.54) is 0 Å². The van der Waals surface area contributed by atoms with Crippen molar-refractivity contribution in [3.8, 4) is 11.4 Å². The minimum Gasteiger partial charge on any atom is -0.272 e. The first-order valence-corrected chi connectivity index (χ1v) is 6.17. The average Bonchev–Trinajstić information content (AvgIpc) is 2.77. The molecule has 0 aliphatic carbocycles. The molecule has 2 heterocycles. The van der Waals surface area contributed by atoms with Crippen LogP contribution >= 0.6 is 11.6 Å². The zero-order valence-electron chi connectivity index (χ0n) is 10.0. The van der Waals surface area contributed by atoms with Crippen LogP contribution in [-0.4, -0.2) is 19.7 Å². The molecule has 5 heteroatoms. The second-order valence-electron chi connectivity index (χ2n) is 3.85. The van der Waals surface area contributed by atoms with Crippen LogP contribution in [0, 0.1) is 0 Å². The fraction of sp³-hybridized carbons (Fsp3) is 0.417. The van der Waals surface area contributed by atoms with Gasteiger partial charge in [-0.2, -0.15) is 5.10 Å². The molecule has 0 atom stereocenters. The molecule has 4 nitrogen and oxygen atoms in total.